The number of piperazine rings is 1. The van der Waals surface area contributed by atoms with Crippen LogP contribution >= 0.6 is 11.6 Å². The first-order valence-corrected chi connectivity index (χ1v) is 14.6. The summed E-state index contributed by atoms with van der Waals surface area (Å²) >= 11 is 6.31. The van der Waals surface area contributed by atoms with Crippen molar-refractivity contribution >= 4 is 40.9 Å². The quantitative estimate of drug-likeness (QED) is 0.502. The number of nitrogens with zero attached hydrogens (tertiary/aromatic N) is 4. The molecule has 0 radical (unpaired) electrons. The summed E-state index contributed by atoms with van der Waals surface area (Å²) in [5.41, 5.74) is 3.42. The highest BCUT2D eigenvalue weighted by atomic mass is 35.5. The number of imide groups is 1. The van der Waals surface area contributed by atoms with Gasteiger partial charge in [0.2, 0.25) is 17.7 Å². The Morgan fingerprint density at radius 3 is 2.56 bits per heavy atom. The molecule has 0 aliphatic carbocycles. The molecule has 2 unspecified atom stereocenters. The van der Waals surface area contributed by atoms with E-state index in [9.17, 15) is 19.2 Å². The van der Waals surface area contributed by atoms with Crippen molar-refractivity contribution in [3.05, 3.63) is 58.1 Å². The summed E-state index contributed by atoms with van der Waals surface area (Å²) in [6, 6.07) is 10.7. The van der Waals surface area contributed by atoms with Gasteiger partial charge in [-0.2, -0.15) is 0 Å². The van der Waals surface area contributed by atoms with Crippen LogP contribution in [0.4, 0.5) is 5.69 Å². The van der Waals surface area contributed by atoms with Crippen molar-refractivity contribution < 1.29 is 23.9 Å². The molecule has 3 fully saturated rings. The van der Waals surface area contributed by atoms with Gasteiger partial charge < -0.3 is 19.4 Å². The lowest BCUT2D eigenvalue weighted by molar-refractivity contribution is -0.142. The van der Waals surface area contributed by atoms with E-state index in [1.807, 2.05) is 30.0 Å². The Labute approximate surface area is 244 Å². The SMILES string of the molecule is Cc1ccc(N2CCN(C(=O)C3CCN3CCOc3cccc4c3CN(C3CCC(=O)NC3=O)C4=O)CC2)cc1Cl. The summed E-state index contributed by atoms with van der Waals surface area (Å²) in [5.74, 6) is -0.180. The fraction of sp³-hybridized carbons (Fsp3) is 0.467. The van der Waals surface area contributed by atoms with E-state index in [0.29, 0.717) is 44.0 Å². The first-order chi connectivity index (χ1) is 19.8. The van der Waals surface area contributed by atoms with Crippen LogP contribution in [0.2, 0.25) is 5.02 Å². The molecule has 0 aromatic heterocycles. The van der Waals surface area contributed by atoms with Crippen LogP contribution in [0.5, 0.6) is 5.75 Å². The molecule has 4 aliphatic heterocycles. The molecule has 6 rings (SSSR count). The molecule has 1 N–H and O–H groups in total. The van der Waals surface area contributed by atoms with E-state index < -0.39 is 11.9 Å². The number of hydrogen-bond donors (Lipinski definition) is 1. The van der Waals surface area contributed by atoms with Gasteiger partial charge in [0.05, 0.1) is 12.6 Å². The van der Waals surface area contributed by atoms with Gasteiger partial charge in [0.15, 0.2) is 0 Å². The van der Waals surface area contributed by atoms with Gasteiger partial charge >= 0.3 is 0 Å². The second kappa shape index (κ2) is 11.3. The van der Waals surface area contributed by atoms with Gasteiger partial charge in [-0.1, -0.05) is 23.7 Å². The Kier molecular flexibility index (Phi) is 7.61. The molecule has 4 amide bonds. The number of carbonyl (C=O) groups excluding carboxylic acids is 4. The number of benzene rings is 2. The Bertz CT molecular complexity index is 1390. The number of aryl methyl sites for hydroxylation is 1. The van der Waals surface area contributed by atoms with Crippen molar-refractivity contribution in [1.29, 1.82) is 0 Å². The molecule has 2 aromatic rings. The molecular weight excluding hydrogens is 546 g/mol. The standard InChI is InChI=1S/C30H34ClN5O5/c1-19-5-6-20(17-23(19)31)33-11-13-35(14-12-33)30(40)25-9-10-34(25)15-16-41-26-4-2-3-21-22(26)18-36(29(21)39)24-7-8-27(37)32-28(24)38/h2-6,17,24-25H,7-16,18H2,1H3,(H,32,37,38). The number of halogens is 1. The van der Waals surface area contributed by atoms with E-state index >= 15 is 0 Å². The fourth-order valence-corrected chi connectivity index (χ4v) is 6.30. The van der Waals surface area contributed by atoms with Crippen molar-refractivity contribution in [2.75, 3.05) is 50.8 Å². The van der Waals surface area contributed by atoms with Crippen LogP contribution in [-0.2, 0) is 20.9 Å². The Morgan fingerprint density at radius 2 is 1.85 bits per heavy atom. The summed E-state index contributed by atoms with van der Waals surface area (Å²) in [7, 11) is 0. The Morgan fingerprint density at radius 1 is 1.05 bits per heavy atom. The lowest BCUT2D eigenvalue weighted by Gasteiger charge is -2.44. The van der Waals surface area contributed by atoms with Gasteiger partial charge in [-0.05, 0) is 49.6 Å². The number of rotatable bonds is 7. The number of nitrogens with one attached hydrogen (secondary N) is 1. The van der Waals surface area contributed by atoms with E-state index in [1.54, 1.807) is 12.1 Å². The van der Waals surface area contributed by atoms with Gasteiger partial charge in [0.1, 0.15) is 18.4 Å². The minimum Gasteiger partial charge on any atom is -0.492 e. The molecule has 10 nitrogen and oxygen atoms in total. The second-order valence-electron chi connectivity index (χ2n) is 11.1. The molecule has 2 atom stereocenters. The molecule has 11 heteroatoms. The number of likely N-dealkylation sites (tertiary alicyclic amines) is 1. The van der Waals surface area contributed by atoms with Gasteiger partial charge in [0.25, 0.3) is 5.91 Å². The maximum absolute atomic E-state index is 13.3. The number of anilines is 1. The van der Waals surface area contributed by atoms with E-state index in [1.165, 1.54) is 4.90 Å². The van der Waals surface area contributed by atoms with Crippen molar-refractivity contribution in [3.63, 3.8) is 0 Å². The van der Waals surface area contributed by atoms with Crippen molar-refractivity contribution in [2.24, 2.45) is 0 Å². The Hall–Kier alpha value is -3.63. The molecule has 4 aliphatic rings. The molecule has 0 bridgehead atoms. The number of piperidine rings is 1. The molecule has 41 heavy (non-hydrogen) atoms. The molecule has 2 aromatic carbocycles. The second-order valence-corrected chi connectivity index (χ2v) is 11.5. The predicted molar refractivity (Wildman–Crippen MR) is 153 cm³/mol. The lowest BCUT2D eigenvalue weighted by atomic mass is 10.0. The monoisotopic (exact) mass is 579 g/mol. The van der Waals surface area contributed by atoms with Crippen LogP contribution in [0.1, 0.15) is 40.7 Å². The normalized spacial score (nSPS) is 22.9. The lowest BCUT2D eigenvalue weighted by Crippen LogP contribution is -2.60. The Balaban J connectivity index is 1.00. The molecule has 3 saturated heterocycles. The van der Waals surface area contributed by atoms with Gasteiger partial charge in [0, 0.05) is 67.5 Å². The van der Waals surface area contributed by atoms with Crippen LogP contribution in [0.25, 0.3) is 0 Å². The maximum Gasteiger partial charge on any atom is 0.255 e. The highest BCUT2D eigenvalue weighted by Gasteiger charge is 2.41. The number of carbonyl (C=O) groups is 4. The van der Waals surface area contributed by atoms with Crippen LogP contribution in [0.3, 0.4) is 0 Å². The van der Waals surface area contributed by atoms with E-state index in [-0.39, 0.29) is 36.7 Å². The van der Waals surface area contributed by atoms with Gasteiger partial charge in [-0.15, -0.1) is 0 Å². The van der Waals surface area contributed by atoms with Crippen LogP contribution < -0.4 is 15.0 Å². The minimum atomic E-state index is -0.662. The van der Waals surface area contributed by atoms with Crippen molar-refractivity contribution in [3.8, 4) is 5.75 Å². The summed E-state index contributed by atoms with van der Waals surface area (Å²) in [6.07, 6.45) is 1.37. The zero-order chi connectivity index (χ0) is 28.7. The zero-order valence-corrected chi connectivity index (χ0v) is 23.9. The van der Waals surface area contributed by atoms with Crippen LogP contribution in [0, 0.1) is 6.92 Å². The summed E-state index contributed by atoms with van der Waals surface area (Å²) in [4.78, 5) is 58.2. The summed E-state index contributed by atoms with van der Waals surface area (Å²) in [6.45, 7) is 6.99. The topological polar surface area (TPSA) is 102 Å². The predicted octanol–water partition coefficient (Wildman–Crippen LogP) is 2.21. The molecule has 216 valence electrons. The third-order valence-corrected chi connectivity index (χ3v) is 9.11. The average Bonchev–Trinajstić information content (AvgIpc) is 3.28. The van der Waals surface area contributed by atoms with E-state index in [0.717, 1.165) is 47.9 Å². The number of hydrogen-bond acceptors (Lipinski definition) is 7. The third kappa shape index (κ3) is 5.38. The van der Waals surface area contributed by atoms with Crippen LogP contribution in [-0.4, -0.2) is 96.3 Å². The summed E-state index contributed by atoms with van der Waals surface area (Å²) in [5, 5.41) is 3.09. The van der Waals surface area contributed by atoms with Crippen LogP contribution in [0.15, 0.2) is 36.4 Å². The summed E-state index contributed by atoms with van der Waals surface area (Å²) < 4.78 is 6.12. The molecule has 0 saturated carbocycles. The first kappa shape index (κ1) is 27.5. The van der Waals surface area contributed by atoms with Gasteiger partial charge in [-0.3, -0.25) is 29.4 Å². The fourth-order valence-electron chi connectivity index (χ4n) is 6.13. The average molecular weight is 580 g/mol. The highest BCUT2D eigenvalue weighted by molar-refractivity contribution is 6.31. The van der Waals surface area contributed by atoms with Crippen molar-refractivity contribution in [2.45, 2.75) is 44.8 Å². The molecular formula is C30H34ClN5O5. The minimum absolute atomic E-state index is 0.134. The molecule has 0 spiro atoms. The zero-order valence-electron chi connectivity index (χ0n) is 23.1. The van der Waals surface area contributed by atoms with Crippen molar-refractivity contribution in [1.82, 2.24) is 20.0 Å². The largest absolute Gasteiger partial charge is 0.492 e. The smallest absolute Gasteiger partial charge is 0.255 e. The number of ether oxygens (including phenoxy) is 1. The third-order valence-electron chi connectivity index (χ3n) is 8.70. The van der Waals surface area contributed by atoms with E-state index in [2.05, 4.69) is 21.2 Å². The maximum atomic E-state index is 13.3. The number of amides is 4. The molecule has 4 heterocycles. The number of fused-ring (bicyclic) bond motifs is 1. The highest BCUT2D eigenvalue weighted by Crippen LogP contribution is 2.34. The van der Waals surface area contributed by atoms with Gasteiger partial charge in [-0.25, -0.2) is 0 Å². The van der Waals surface area contributed by atoms with E-state index in [4.69, 9.17) is 16.3 Å². The first-order valence-electron chi connectivity index (χ1n) is 14.2.